The quantitative estimate of drug-likeness (QED) is 0.802. The van der Waals surface area contributed by atoms with E-state index in [0.29, 0.717) is 0 Å². The van der Waals surface area contributed by atoms with Crippen molar-refractivity contribution >= 4 is 23.0 Å². The molecule has 24 heavy (non-hydrogen) atoms. The average molecular weight is 322 g/mol. The van der Waals surface area contributed by atoms with Crippen molar-refractivity contribution in [3.63, 3.8) is 0 Å². The van der Waals surface area contributed by atoms with E-state index in [2.05, 4.69) is 40.1 Å². The number of anilines is 3. The van der Waals surface area contributed by atoms with Crippen LogP contribution < -0.4 is 15.5 Å². The zero-order chi connectivity index (χ0) is 16.5. The minimum Gasteiger partial charge on any atom is -0.355 e. The molecule has 1 aromatic carbocycles. The highest BCUT2D eigenvalue weighted by Crippen LogP contribution is 2.28. The lowest BCUT2D eigenvalue weighted by Gasteiger charge is -2.32. The van der Waals surface area contributed by atoms with Crippen LogP contribution >= 0.6 is 0 Å². The van der Waals surface area contributed by atoms with E-state index in [4.69, 9.17) is 10.7 Å². The van der Waals surface area contributed by atoms with Crippen molar-refractivity contribution in [3.8, 4) is 0 Å². The molecule has 0 bridgehead atoms. The standard InChI is InChI=1S/C18H22N6/c1-22(15-7-3-2-4-8-15)18-12-17(21-16-9-10-20-24(16)18)23-11-5-6-14(19)13-23/h2-4,7-10,12,14H,5-6,11,13,19H2,1H3/t14-/m1/s1. The highest BCUT2D eigenvalue weighted by molar-refractivity contribution is 5.66. The lowest BCUT2D eigenvalue weighted by Crippen LogP contribution is -2.43. The summed E-state index contributed by atoms with van der Waals surface area (Å²) >= 11 is 0. The van der Waals surface area contributed by atoms with Gasteiger partial charge in [0.2, 0.25) is 0 Å². The summed E-state index contributed by atoms with van der Waals surface area (Å²) in [4.78, 5) is 9.19. The summed E-state index contributed by atoms with van der Waals surface area (Å²) in [6.45, 7) is 1.85. The fourth-order valence-corrected chi connectivity index (χ4v) is 3.29. The number of benzene rings is 1. The zero-order valence-corrected chi connectivity index (χ0v) is 13.8. The largest absolute Gasteiger partial charge is 0.355 e. The van der Waals surface area contributed by atoms with Crippen molar-refractivity contribution in [2.45, 2.75) is 18.9 Å². The van der Waals surface area contributed by atoms with Gasteiger partial charge in [-0.2, -0.15) is 9.61 Å². The summed E-state index contributed by atoms with van der Waals surface area (Å²) in [5.41, 5.74) is 8.11. The van der Waals surface area contributed by atoms with Crippen LogP contribution in [0.4, 0.5) is 17.3 Å². The predicted molar refractivity (Wildman–Crippen MR) is 96.9 cm³/mol. The maximum Gasteiger partial charge on any atom is 0.159 e. The maximum atomic E-state index is 6.15. The second-order valence-corrected chi connectivity index (χ2v) is 6.32. The van der Waals surface area contributed by atoms with Crippen molar-refractivity contribution in [2.75, 3.05) is 29.9 Å². The highest BCUT2D eigenvalue weighted by atomic mass is 15.4. The molecule has 1 aliphatic rings. The first-order valence-corrected chi connectivity index (χ1v) is 8.36. The minimum atomic E-state index is 0.219. The van der Waals surface area contributed by atoms with Gasteiger partial charge >= 0.3 is 0 Å². The Labute approximate surface area is 141 Å². The molecule has 3 aromatic rings. The second-order valence-electron chi connectivity index (χ2n) is 6.32. The van der Waals surface area contributed by atoms with E-state index in [1.54, 1.807) is 6.20 Å². The van der Waals surface area contributed by atoms with Crippen LogP contribution in [0.25, 0.3) is 5.65 Å². The molecular formula is C18H22N6. The van der Waals surface area contributed by atoms with E-state index in [1.165, 1.54) is 0 Å². The van der Waals surface area contributed by atoms with Gasteiger partial charge in [-0.1, -0.05) is 18.2 Å². The van der Waals surface area contributed by atoms with Crippen molar-refractivity contribution in [1.29, 1.82) is 0 Å². The van der Waals surface area contributed by atoms with Crippen molar-refractivity contribution in [1.82, 2.24) is 14.6 Å². The SMILES string of the molecule is CN(c1ccccc1)c1cc(N2CCC[C@@H](N)C2)nc2ccnn12. The molecule has 0 spiro atoms. The molecule has 0 amide bonds. The predicted octanol–water partition coefficient (Wildman–Crippen LogP) is 2.42. The maximum absolute atomic E-state index is 6.15. The third-order valence-electron chi connectivity index (χ3n) is 4.60. The highest BCUT2D eigenvalue weighted by Gasteiger charge is 2.20. The summed E-state index contributed by atoms with van der Waals surface area (Å²) in [5, 5.41) is 4.44. The molecule has 6 nitrogen and oxygen atoms in total. The molecular weight excluding hydrogens is 300 g/mol. The van der Waals surface area contributed by atoms with Crippen molar-refractivity contribution in [2.24, 2.45) is 5.73 Å². The van der Waals surface area contributed by atoms with Gasteiger partial charge in [0, 0.05) is 44.0 Å². The number of nitrogens with two attached hydrogens (primary N) is 1. The fourth-order valence-electron chi connectivity index (χ4n) is 3.29. The van der Waals surface area contributed by atoms with Gasteiger partial charge in [-0.25, -0.2) is 4.98 Å². The third-order valence-corrected chi connectivity index (χ3v) is 4.60. The van der Waals surface area contributed by atoms with Crippen LogP contribution in [0.2, 0.25) is 0 Å². The van der Waals surface area contributed by atoms with E-state index in [9.17, 15) is 0 Å². The first kappa shape index (κ1) is 15.0. The van der Waals surface area contributed by atoms with Gasteiger partial charge in [0.05, 0.1) is 6.20 Å². The van der Waals surface area contributed by atoms with E-state index in [-0.39, 0.29) is 6.04 Å². The summed E-state index contributed by atoms with van der Waals surface area (Å²) in [6.07, 6.45) is 3.98. The number of piperidine rings is 1. The smallest absolute Gasteiger partial charge is 0.159 e. The van der Waals surface area contributed by atoms with E-state index < -0.39 is 0 Å². The molecule has 6 heteroatoms. The van der Waals surface area contributed by atoms with Crippen LogP contribution in [0, 0.1) is 0 Å². The first-order chi connectivity index (χ1) is 11.7. The van der Waals surface area contributed by atoms with Gasteiger partial charge in [-0.3, -0.25) is 0 Å². The van der Waals surface area contributed by atoms with Gasteiger partial charge in [-0.15, -0.1) is 0 Å². The topological polar surface area (TPSA) is 62.7 Å². The monoisotopic (exact) mass is 322 g/mol. The molecule has 124 valence electrons. The summed E-state index contributed by atoms with van der Waals surface area (Å²) in [5.74, 6) is 1.96. The Kier molecular flexibility index (Phi) is 3.82. The van der Waals surface area contributed by atoms with Crippen LogP contribution in [0.15, 0.2) is 48.7 Å². The van der Waals surface area contributed by atoms with Gasteiger partial charge in [0.25, 0.3) is 0 Å². The van der Waals surface area contributed by atoms with E-state index in [1.807, 2.05) is 28.8 Å². The molecule has 1 fully saturated rings. The molecule has 4 rings (SSSR count). The van der Waals surface area contributed by atoms with Gasteiger partial charge in [-0.05, 0) is 25.0 Å². The Hall–Kier alpha value is -2.60. The van der Waals surface area contributed by atoms with Crippen LogP contribution in [-0.4, -0.2) is 40.8 Å². The Morgan fingerprint density at radius 1 is 1.21 bits per heavy atom. The van der Waals surface area contributed by atoms with E-state index >= 15 is 0 Å². The third kappa shape index (κ3) is 2.69. The van der Waals surface area contributed by atoms with Gasteiger partial charge in [0.1, 0.15) is 11.6 Å². The lowest BCUT2D eigenvalue weighted by molar-refractivity contribution is 0.503. The number of fused-ring (bicyclic) bond motifs is 1. The van der Waals surface area contributed by atoms with Gasteiger partial charge < -0.3 is 15.5 Å². The van der Waals surface area contributed by atoms with Crippen LogP contribution in [0.1, 0.15) is 12.8 Å². The summed E-state index contributed by atoms with van der Waals surface area (Å²) < 4.78 is 1.88. The molecule has 1 atom stereocenters. The number of hydrogen-bond acceptors (Lipinski definition) is 5. The number of hydrogen-bond donors (Lipinski definition) is 1. The molecule has 1 aliphatic heterocycles. The molecule has 0 aliphatic carbocycles. The fraction of sp³-hybridized carbons (Fsp3) is 0.333. The van der Waals surface area contributed by atoms with Crippen LogP contribution in [-0.2, 0) is 0 Å². The zero-order valence-electron chi connectivity index (χ0n) is 13.8. The van der Waals surface area contributed by atoms with Gasteiger partial charge in [0.15, 0.2) is 5.65 Å². The number of rotatable bonds is 3. The lowest BCUT2D eigenvalue weighted by atomic mass is 10.1. The van der Waals surface area contributed by atoms with Crippen molar-refractivity contribution in [3.05, 3.63) is 48.7 Å². The van der Waals surface area contributed by atoms with Crippen LogP contribution in [0.3, 0.4) is 0 Å². The molecule has 2 aromatic heterocycles. The molecule has 3 heterocycles. The summed E-state index contributed by atoms with van der Waals surface area (Å²) in [7, 11) is 2.05. The normalized spacial score (nSPS) is 18.1. The van der Waals surface area contributed by atoms with Crippen LogP contribution in [0.5, 0.6) is 0 Å². The Morgan fingerprint density at radius 3 is 2.83 bits per heavy atom. The van der Waals surface area contributed by atoms with E-state index in [0.717, 1.165) is 48.9 Å². The average Bonchev–Trinajstić information content (AvgIpc) is 3.09. The number of aromatic nitrogens is 3. The molecule has 0 saturated carbocycles. The molecule has 0 unspecified atom stereocenters. The minimum absolute atomic E-state index is 0.219. The second kappa shape index (κ2) is 6.13. The molecule has 2 N–H and O–H groups in total. The number of para-hydroxylation sites is 1. The number of nitrogens with zero attached hydrogens (tertiary/aromatic N) is 5. The Balaban J connectivity index is 1.78. The summed E-state index contributed by atoms with van der Waals surface area (Å²) in [6, 6.07) is 14.5. The Morgan fingerprint density at radius 2 is 2.04 bits per heavy atom. The Bertz CT molecular complexity index is 828. The first-order valence-electron chi connectivity index (χ1n) is 8.36. The molecule has 0 radical (unpaired) electrons. The molecule has 1 saturated heterocycles. The van der Waals surface area contributed by atoms with Crippen molar-refractivity contribution < 1.29 is 0 Å².